The lowest BCUT2D eigenvalue weighted by Crippen LogP contribution is -2.16. The van der Waals surface area contributed by atoms with Gasteiger partial charge in [0, 0.05) is 19.0 Å². The van der Waals surface area contributed by atoms with Crippen LogP contribution in [0.5, 0.6) is 5.75 Å². The molecule has 0 aliphatic carbocycles. The minimum absolute atomic E-state index is 0.0848. The number of carbonyl (C=O) groups excluding carboxylic acids is 1. The van der Waals surface area contributed by atoms with Gasteiger partial charge in [0.25, 0.3) is 0 Å². The second-order valence-corrected chi connectivity index (χ2v) is 8.87. The predicted molar refractivity (Wildman–Crippen MR) is 143 cm³/mol. The molecule has 1 aromatic rings. The van der Waals surface area contributed by atoms with Crippen molar-refractivity contribution in [2.45, 2.75) is 78.7 Å². The largest absolute Gasteiger partial charge is 0.507 e. The van der Waals surface area contributed by atoms with E-state index in [9.17, 15) is 19.8 Å². The Bertz CT molecular complexity index is 1040. The maximum Gasteiger partial charge on any atom is 0.351 e. The van der Waals surface area contributed by atoms with Crippen molar-refractivity contribution in [3.63, 3.8) is 0 Å². The van der Waals surface area contributed by atoms with Crippen LogP contribution in [0.1, 0.15) is 88.8 Å². The number of allylic oxidation sites excluding steroid dienone is 8. The molecule has 0 radical (unpaired) electrons. The van der Waals surface area contributed by atoms with E-state index in [1.54, 1.807) is 19.1 Å². The number of aromatic hydroxyl groups is 1. The summed E-state index contributed by atoms with van der Waals surface area (Å²) in [5.41, 5.74) is 1.05. The SMILES string of the molecule is C/C=C/C/C=C(/C)[C@H](O)CC/C(C)=C/C=C(\C)C(=O)c1c(O)cc([C@H](C)CC/C=C/NC)oc1=O. The second kappa shape index (κ2) is 15.7. The van der Waals surface area contributed by atoms with Gasteiger partial charge in [0.2, 0.25) is 0 Å². The second-order valence-electron chi connectivity index (χ2n) is 8.87. The molecular formula is C29H41NO5. The lowest BCUT2D eigenvalue weighted by molar-refractivity contribution is 0.102. The van der Waals surface area contributed by atoms with Gasteiger partial charge in [0.05, 0.1) is 6.10 Å². The summed E-state index contributed by atoms with van der Waals surface area (Å²) in [6.45, 7) is 9.30. The van der Waals surface area contributed by atoms with Gasteiger partial charge in [-0.2, -0.15) is 0 Å². The van der Waals surface area contributed by atoms with Gasteiger partial charge in [-0.3, -0.25) is 4.79 Å². The van der Waals surface area contributed by atoms with Crippen LogP contribution in [0.15, 0.2) is 74.7 Å². The first kappa shape index (κ1) is 29.9. The highest BCUT2D eigenvalue weighted by Crippen LogP contribution is 2.26. The van der Waals surface area contributed by atoms with E-state index >= 15 is 0 Å². The number of nitrogens with one attached hydrogen (secondary N) is 1. The summed E-state index contributed by atoms with van der Waals surface area (Å²) in [7, 11) is 1.82. The van der Waals surface area contributed by atoms with E-state index in [-0.39, 0.29) is 17.2 Å². The average molecular weight is 484 g/mol. The van der Waals surface area contributed by atoms with Crippen molar-refractivity contribution in [3.8, 4) is 5.75 Å². The Balaban J connectivity index is 2.86. The summed E-state index contributed by atoms with van der Waals surface area (Å²) in [5.74, 6) is -0.666. The van der Waals surface area contributed by atoms with Gasteiger partial charge in [-0.05, 0) is 77.1 Å². The summed E-state index contributed by atoms with van der Waals surface area (Å²) < 4.78 is 5.37. The molecule has 0 aliphatic heterocycles. The van der Waals surface area contributed by atoms with Crippen molar-refractivity contribution in [1.29, 1.82) is 0 Å². The van der Waals surface area contributed by atoms with E-state index in [1.165, 1.54) is 6.07 Å². The number of aliphatic hydroxyl groups excluding tert-OH is 1. The molecule has 1 heterocycles. The van der Waals surface area contributed by atoms with E-state index < -0.39 is 17.5 Å². The van der Waals surface area contributed by atoms with Gasteiger partial charge >= 0.3 is 5.63 Å². The Labute approximate surface area is 209 Å². The maximum absolute atomic E-state index is 12.8. The van der Waals surface area contributed by atoms with Crippen molar-refractivity contribution in [3.05, 3.63) is 87.2 Å². The number of hydrogen-bond donors (Lipinski definition) is 3. The molecule has 6 nitrogen and oxygen atoms in total. The molecule has 0 saturated heterocycles. The molecular weight excluding hydrogens is 442 g/mol. The lowest BCUT2D eigenvalue weighted by Gasteiger charge is -2.11. The first-order valence-corrected chi connectivity index (χ1v) is 12.2. The fraction of sp³-hybridized carbons (Fsp3) is 0.448. The summed E-state index contributed by atoms with van der Waals surface area (Å²) >= 11 is 0. The fourth-order valence-electron chi connectivity index (χ4n) is 3.38. The molecule has 0 unspecified atom stereocenters. The minimum Gasteiger partial charge on any atom is -0.507 e. The minimum atomic E-state index is -0.834. The number of aliphatic hydroxyl groups is 1. The summed E-state index contributed by atoms with van der Waals surface area (Å²) in [5, 5.41) is 23.6. The van der Waals surface area contributed by atoms with Gasteiger partial charge < -0.3 is 19.9 Å². The van der Waals surface area contributed by atoms with Crippen molar-refractivity contribution < 1.29 is 19.4 Å². The predicted octanol–water partition coefficient (Wildman–Crippen LogP) is 6.09. The van der Waals surface area contributed by atoms with Crippen LogP contribution < -0.4 is 10.9 Å². The highest BCUT2D eigenvalue weighted by molar-refractivity contribution is 6.09. The molecule has 0 aromatic carbocycles. The number of carbonyl (C=O) groups is 1. The molecule has 192 valence electrons. The van der Waals surface area contributed by atoms with Crippen LogP contribution in [-0.4, -0.2) is 29.1 Å². The Kier molecular flexibility index (Phi) is 13.4. The molecule has 0 spiro atoms. The van der Waals surface area contributed by atoms with Crippen LogP contribution in [0.3, 0.4) is 0 Å². The number of hydrogen-bond acceptors (Lipinski definition) is 6. The highest BCUT2D eigenvalue weighted by atomic mass is 16.4. The Hall–Kier alpha value is -3.12. The molecule has 0 fully saturated rings. The molecule has 3 N–H and O–H groups in total. The smallest absolute Gasteiger partial charge is 0.351 e. The molecule has 0 saturated carbocycles. The van der Waals surface area contributed by atoms with Crippen LogP contribution in [0.25, 0.3) is 0 Å². The molecule has 0 amide bonds. The summed E-state index contributed by atoms with van der Waals surface area (Å²) in [6, 6.07) is 1.36. The van der Waals surface area contributed by atoms with Crippen molar-refractivity contribution in [1.82, 2.24) is 5.32 Å². The topological polar surface area (TPSA) is 99.8 Å². The standard InChI is InChI=1S/C29H41NO5/c1-7-8-9-12-21(3)24(31)17-15-20(2)14-16-23(5)28(33)27-25(32)19-26(35-29(27)34)22(4)13-10-11-18-30-6/h7-8,11-12,14,16,18-19,22,24,30-32H,9-10,13,15,17H2,1-6H3/b8-7+,18-11+,20-14+,21-12-,23-16+/t22-,24-/m1/s1. The van der Waals surface area contributed by atoms with Crippen LogP contribution in [-0.2, 0) is 0 Å². The number of rotatable bonds is 14. The molecule has 0 bridgehead atoms. The van der Waals surface area contributed by atoms with Gasteiger partial charge in [0.15, 0.2) is 5.78 Å². The third-order valence-corrected chi connectivity index (χ3v) is 5.84. The Morgan fingerprint density at radius 3 is 2.51 bits per heavy atom. The molecule has 1 aromatic heterocycles. The Morgan fingerprint density at radius 2 is 1.89 bits per heavy atom. The normalized spacial score (nSPS) is 15.1. The van der Waals surface area contributed by atoms with Crippen LogP contribution in [0.4, 0.5) is 0 Å². The maximum atomic E-state index is 12.8. The fourth-order valence-corrected chi connectivity index (χ4v) is 3.38. The monoisotopic (exact) mass is 483 g/mol. The van der Waals surface area contributed by atoms with Gasteiger partial charge in [-0.15, -0.1) is 0 Å². The third-order valence-electron chi connectivity index (χ3n) is 5.84. The molecule has 0 aliphatic rings. The van der Waals surface area contributed by atoms with E-state index in [1.807, 2.05) is 65.2 Å². The summed E-state index contributed by atoms with van der Waals surface area (Å²) in [4.78, 5) is 25.3. The van der Waals surface area contributed by atoms with Crippen LogP contribution in [0.2, 0.25) is 0 Å². The first-order chi connectivity index (χ1) is 16.6. The van der Waals surface area contributed by atoms with Crippen molar-refractivity contribution in [2.75, 3.05) is 7.05 Å². The zero-order chi connectivity index (χ0) is 26.4. The van der Waals surface area contributed by atoms with Gasteiger partial charge in [-0.1, -0.05) is 49.0 Å². The number of Topliss-reactive ketones (excluding diaryl/α,β-unsaturated/α-hetero) is 1. The van der Waals surface area contributed by atoms with E-state index in [0.717, 1.165) is 30.4 Å². The van der Waals surface area contributed by atoms with Crippen molar-refractivity contribution in [2.24, 2.45) is 0 Å². The zero-order valence-electron chi connectivity index (χ0n) is 21.9. The van der Waals surface area contributed by atoms with Crippen molar-refractivity contribution >= 4 is 5.78 Å². The molecule has 1 rings (SSSR count). The molecule has 6 heteroatoms. The van der Waals surface area contributed by atoms with Gasteiger partial charge in [0.1, 0.15) is 17.1 Å². The van der Waals surface area contributed by atoms with Crippen LogP contribution in [0, 0.1) is 0 Å². The summed E-state index contributed by atoms with van der Waals surface area (Å²) in [6.07, 6.45) is 16.3. The lowest BCUT2D eigenvalue weighted by atomic mass is 9.99. The average Bonchev–Trinajstić information content (AvgIpc) is 2.82. The zero-order valence-corrected chi connectivity index (χ0v) is 21.9. The van der Waals surface area contributed by atoms with E-state index in [0.29, 0.717) is 24.2 Å². The molecule has 2 atom stereocenters. The van der Waals surface area contributed by atoms with E-state index in [4.69, 9.17) is 4.42 Å². The quantitative estimate of drug-likeness (QED) is 0.128. The number of ketones is 1. The third kappa shape index (κ3) is 10.4. The van der Waals surface area contributed by atoms with Gasteiger partial charge in [-0.25, -0.2) is 4.79 Å². The first-order valence-electron chi connectivity index (χ1n) is 12.2. The molecule has 35 heavy (non-hydrogen) atoms. The van der Waals surface area contributed by atoms with E-state index in [2.05, 4.69) is 5.32 Å². The Morgan fingerprint density at radius 1 is 1.17 bits per heavy atom. The van der Waals surface area contributed by atoms with Crippen LogP contribution >= 0.6 is 0 Å². The highest BCUT2D eigenvalue weighted by Gasteiger charge is 2.21.